The molecule has 0 bridgehead atoms. The number of hydroxylamine groups is 2. The molecule has 0 aromatic heterocycles. The maximum absolute atomic E-state index is 11.9. The molecule has 0 aromatic rings. The van der Waals surface area contributed by atoms with E-state index in [1.165, 1.54) is 0 Å². The maximum atomic E-state index is 11.9. The van der Waals surface area contributed by atoms with Crippen LogP contribution < -0.4 is 0 Å². The van der Waals surface area contributed by atoms with Crippen LogP contribution in [-0.2, 0) is 14.4 Å². The van der Waals surface area contributed by atoms with Gasteiger partial charge < -0.3 is 4.84 Å². The van der Waals surface area contributed by atoms with Crippen LogP contribution in [0.25, 0.3) is 0 Å². The Morgan fingerprint density at radius 2 is 1.93 bits per heavy atom. The highest BCUT2D eigenvalue weighted by atomic mass is 16.7. The van der Waals surface area contributed by atoms with Crippen molar-refractivity contribution < 1.29 is 14.4 Å². The van der Waals surface area contributed by atoms with Gasteiger partial charge in [-0.05, 0) is 19.8 Å². The summed E-state index contributed by atoms with van der Waals surface area (Å²) in [7, 11) is 0. The summed E-state index contributed by atoms with van der Waals surface area (Å²) in [5.74, 6) is -0.754. The van der Waals surface area contributed by atoms with Crippen molar-refractivity contribution in [3.05, 3.63) is 12.3 Å². The van der Waals surface area contributed by atoms with E-state index in [4.69, 9.17) is 4.84 Å². The summed E-state index contributed by atoms with van der Waals surface area (Å²) >= 11 is 0. The molecule has 4 heteroatoms. The van der Waals surface area contributed by atoms with Crippen LogP contribution in [0.5, 0.6) is 0 Å². The Labute approximate surface area is 83.5 Å². The van der Waals surface area contributed by atoms with E-state index in [-0.39, 0.29) is 5.91 Å². The minimum atomic E-state index is -0.987. The lowest BCUT2D eigenvalue weighted by molar-refractivity contribution is -0.171. The molecule has 1 saturated heterocycles. The first-order valence-corrected chi connectivity index (χ1v) is 4.72. The van der Waals surface area contributed by atoms with Gasteiger partial charge in [-0.15, -0.1) is 5.06 Å². The van der Waals surface area contributed by atoms with E-state index in [0.29, 0.717) is 18.5 Å². The van der Waals surface area contributed by atoms with Crippen molar-refractivity contribution in [2.75, 3.05) is 0 Å². The molecule has 0 atom stereocenters. The van der Waals surface area contributed by atoms with Crippen LogP contribution in [-0.4, -0.2) is 16.9 Å². The molecule has 1 rings (SSSR count). The van der Waals surface area contributed by atoms with Crippen LogP contribution >= 0.6 is 0 Å². The first-order valence-electron chi connectivity index (χ1n) is 4.72. The van der Waals surface area contributed by atoms with Gasteiger partial charge >= 0.3 is 5.97 Å². The van der Waals surface area contributed by atoms with Gasteiger partial charge in [0, 0.05) is 0 Å². The number of amides is 1. The highest BCUT2D eigenvalue weighted by Gasteiger charge is 2.54. The molecule has 1 aliphatic rings. The van der Waals surface area contributed by atoms with E-state index in [1.54, 1.807) is 6.92 Å². The molecule has 78 valence electrons. The van der Waals surface area contributed by atoms with E-state index in [1.807, 2.05) is 13.8 Å². The lowest BCUT2D eigenvalue weighted by Gasteiger charge is -2.18. The normalized spacial score (nSPS) is 19.8. The SMILES string of the molecule is C=C(C)N1OC(=O)C(CC)(CC)C1=O. The summed E-state index contributed by atoms with van der Waals surface area (Å²) in [6, 6.07) is 0. The molecule has 1 heterocycles. The topological polar surface area (TPSA) is 46.6 Å². The fourth-order valence-electron chi connectivity index (χ4n) is 1.59. The average Bonchev–Trinajstić information content (AvgIpc) is 2.40. The van der Waals surface area contributed by atoms with Gasteiger partial charge in [0.1, 0.15) is 0 Å². The first-order chi connectivity index (χ1) is 6.49. The molecule has 0 aromatic carbocycles. The molecule has 14 heavy (non-hydrogen) atoms. The number of carbonyl (C=O) groups excluding carboxylic acids is 2. The van der Waals surface area contributed by atoms with Crippen LogP contribution in [0.2, 0.25) is 0 Å². The van der Waals surface area contributed by atoms with Crippen molar-refractivity contribution in [2.45, 2.75) is 33.6 Å². The largest absolute Gasteiger partial charge is 0.348 e. The minimum Gasteiger partial charge on any atom is -0.332 e. The number of nitrogens with zero attached hydrogens (tertiary/aromatic N) is 1. The third-order valence-electron chi connectivity index (χ3n) is 2.71. The van der Waals surface area contributed by atoms with Crippen LogP contribution in [0.3, 0.4) is 0 Å². The van der Waals surface area contributed by atoms with Gasteiger partial charge in [0.25, 0.3) is 5.91 Å². The van der Waals surface area contributed by atoms with E-state index in [9.17, 15) is 9.59 Å². The summed E-state index contributed by atoms with van der Waals surface area (Å²) < 4.78 is 0. The average molecular weight is 197 g/mol. The van der Waals surface area contributed by atoms with Gasteiger partial charge in [0.2, 0.25) is 0 Å². The van der Waals surface area contributed by atoms with Gasteiger partial charge in [0.15, 0.2) is 5.41 Å². The lowest BCUT2D eigenvalue weighted by Crippen LogP contribution is -2.35. The van der Waals surface area contributed by atoms with E-state index in [0.717, 1.165) is 5.06 Å². The quantitative estimate of drug-likeness (QED) is 0.646. The van der Waals surface area contributed by atoms with Crippen LogP contribution in [0.15, 0.2) is 12.3 Å². The van der Waals surface area contributed by atoms with Crippen molar-refractivity contribution in [1.82, 2.24) is 5.06 Å². The summed E-state index contributed by atoms with van der Waals surface area (Å²) in [4.78, 5) is 28.3. The second-order valence-electron chi connectivity index (χ2n) is 3.50. The summed E-state index contributed by atoms with van der Waals surface area (Å²) in [5, 5.41) is 0.995. The lowest BCUT2D eigenvalue weighted by atomic mass is 9.82. The number of hydrogen-bond acceptors (Lipinski definition) is 3. The minimum absolute atomic E-state index is 0.292. The molecule has 0 saturated carbocycles. The first kappa shape index (κ1) is 10.8. The molecule has 4 nitrogen and oxygen atoms in total. The molecule has 0 radical (unpaired) electrons. The van der Waals surface area contributed by atoms with Crippen molar-refractivity contribution in [2.24, 2.45) is 5.41 Å². The predicted octanol–water partition coefficient (Wildman–Crippen LogP) is 1.63. The summed E-state index contributed by atoms with van der Waals surface area (Å²) in [5.41, 5.74) is -0.550. The summed E-state index contributed by atoms with van der Waals surface area (Å²) in [6.45, 7) is 8.84. The van der Waals surface area contributed by atoms with Gasteiger partial charge in [-0.25, -0.2) is 4.79 Å². The van der Waals surface area contributed by atoms with Crippen molar-refractivity contribution in [3.8, 4) is 0 Å². The fourth-order valence-corrected chi connectivity index (χ4v) is 1.59. The molecule has 0 unspecified atom stereocenters. The Morgan fingerprint density at radius 3 is 2.14 bits per heavy atom. The third kappa shape index (κ3) is 1.22. The monoisotopic (exact) mass is 197 g/mol. The molecule has 1 amide bonds. The van der Waals surface area contributed by atoms with Gasteiger partial charge in [-0.3, -0.25) is 4.79 Å². The van der Waals surface area contributed by atoms with Crippen molar-refractivity contribution in [3.63, 3.8) is 0 Å². The van der Waals surface area contributed by atoms with Crippen molar-refractivity contribution >= 4 is 11.9 Å². The number of hydrogen-bond donors (Lipinski definition) is 0. The van der Waals surface area contributed by atoms with Gasteiger partial charge in [0.05, 0.1) is 5.70 Å². The fraction of sp³-hybridized carbons (Fsp3) is 0.600. The van der Waals surface area contributed by atoms with Gasteiger partial charge in [-0.1, -0.05) is 20.4 Å². The Bertz CT molecular complexity index is 292. The molecule has 0 N–H and O–H groups in total. The maximum Gasteiger partial charge on any atom is 0.348 e. The molecular formula is C10H15NO3. The Hall–Kier alpha value is -1.32. The third-order valence-corrected chi connectivity index (χ3v) is 2.71. The van der Waals surface area contributed by atoms with E-state index in [2.05, 4.69) is 6.58 Å². The standard InChI is InChI=1S/C10H15NO3/c1-5-10(6-2)8(12)11(7(3)4)14-9(10)13/h3,5-6H2,1-2,4H3. The Morgan fingerprint density at radius 1 is 1.43 bits per heavy atom. The van der Waals surface area contributed by atoms with E-state index < -0.39 is 11.4 Å². The van der Waals surface area contributed by atoms with Gasteiger partial charge in [-0.2, -0.15) is 0 Å². The highest BCUT2D eigenvalue weighted by Crippen LogP contribution is 2.37. The zero-order valence-electron chi connectivity index (χ0n) is 8.79. The van der Waals surface area contributed by atoms with Crippen LogP contribution in [0.1, 0.15) is 33.6 Å². The van der Waals surface area contributed by atoms with E-state index >= 15 is 0 Å². The molecular weight excluding hydrogens is 182 g/mol. The molecule has 0 aliphatic carbocycles. The van der Waals surface area contributed by atoms with Crippen LogP contribution in [0, 0.1) is 5.41 Å². The second kappa shape index (κ2) is 3.44. The zero-order chi connectivity index (χ0) is 10.9. The molecule has 1 aliphatic heterocycles. The van der Waals surface area contributed by atoms with Crippen molar-refractivity contribution in [1.29, 1.82) is 0 Å². The Balaban J connectivity index is 3.06. The smallest absolute Gasteiger partial charge is 0.332 e. The number of carbonyl (C=O) groups is 2. The molecule has 1 fully saturated rings. The Kier molecular flexibility index (Phi) is 2.64. The van der Waals surface area contributed by atoms with Crippen LogP contribution in [0.4, 0.5) is 0 Å². The second-order valence-corrected chi connectivity index (χ2v) is 3.50. The summed E-state index contributed by atoms with van der Waals surface area (Å²) in [6.07, 6.45) is 0.926. The number of allylic oxidation sites excluding steroid dienone is 1. The number of rotatable bonds is 3. The zero-order valence-corrected chi connectivity index (χ0v) is 8.79. The highest BCUT2D eigenvalue weighted by molar-refractivity contribution is 6.06. The molecule has 0 spiro atoms. The predicted molar refractivity (Wildman–Crippen MR) is 50.8 cm³/mol.